The summed E-state index contributed by atoms with van der Waals surface area (Å²) in [5, 5.41) is 0. The molecule has 0 fully saturated rings. The van der Waals surface area contributed by atoms with Crippen molar-refractivity contribution in [2.24, 2.45) is 0 Å². The molecule has 0 aliphatic heterocycles. The largest absolute Gasteiger partial charge is 0.497 e. The summed E-state index contributed by atoms with van der Waals surface area (Å²) in [6.45, 7) is 6.99. The highest BCUT2D eigenvalue weighted by atomic mass is 32.2. The van der Waals surface area contributed by atoms with E-state index >= 15 is 0 Å². The molecule has 0 heterocycles. The Morgan fingerprint density at radius 2 is 1.64 bits per heavy atom. The molecule has 0 aliphatic carbocycles. The number of methoxy groups -OCH3 is 1. The summed E-state index contributed by atoms with van der Waals surface area (Å²) in [6.07, 6.45) is 0. The summed E-state index contributed by atoms with van der Waals surface area (Å²) in [6, 6.07) is 12.5. The van der Waals surface area contributed by atoms with Crippen LogP contribution < -0.4 is 9.46 Å². The minimum atomic E-state index is -3.81. The molecule has 2 rings (SSSR count). The lowest BCUT2D eigenvalue weighted by Gasteiger charge is -2.20. The summed E-state index contributed by atoms with van der Waals surface area (Å²) in [7, 11) is -2.27. The summed E-state index contributed by atoms with van der Waals surface area (Å²) in [5.74, 6) is 0.352. The highest BCUT2D eigenvalue weighted by molar-refractivity contribution is 7.89. The van der Waals surface area contributed by atoms with E-state index in [2.05, 4.69) is 11.3 Å². The van der Waals surface area contributed by atoms with Crippen LogP contribution in [0.2, 0.25) is 0 Å². The van der Waals surface area contributed by atoms with Crippen molar-refractivity contribution in [3.05, 3.63) is 71.8 Å². The third kappa shape index (κ3) is 4.55. The van der Waals surface area contributed by atoms with E-state index in [1.165, 1.54) is 19.1 Å². The summed E-state index contributed by atoms with van der Waals surface area (Å²) < 4.78 is 33.1. The van der Waals surface area contributed by atoms with Crippen LogP contribution in [-0.2, 0) is 14.8 Å². The molecule has 0 unspecified atom stereocenters. The van der Waals surface area contributed by atoms with Crippen molar-refractivity contribution in [2.45, 2.75) is 24.8 Å². The predicted octanol–water partition coefficient (Wildman–Crippen LogP) is 3.17. The highest BCUT2D eigenvalue weighted by Gasteiger charge is 2.25. The lowest BCUT2D eigenvalue weighted by Crippen LogP contribution is -2.31. The molecular weight excluding hydrogens is 338 g/mol. The fourth-order valence-corrected chi connectivity index (χ4v) is 3.50. The second kappa shape index (κ2) is 7.63. The Labute approximate surface area is 148 Å². The molecule has 2 aromatic rings. The molecule has 6 heteroatoms. The molecule has 0 aromatic heterocycles. The van der Waals surface area contributed by atoms with Gasteiger partial charge in [-0.15, -0.1) is 0 Å². The first-order valence-corrected chi connectivity index (χ1v) is 9.15. The molecule has 132 valence electrons. The van der Waals surface area contributed by atoms with Crippen molar-refractivity contribution in [3.8, 4) is 5.75 Å². The molecule has 1 atom stereocenters. The van der Waals surface area contributed by atoms with Gasteiger partial charge in [0.25, 0.3) is 0 Å². The van der Waals surface area contributed by atoms with Gasteiger partial charge < -0.3 is 4.74 Å². The highest BCUT2D eigenvalue weighted by Crippen LogP contribution is 2.26. The molecule has 0 amide bonds. The van der Waals surface area contributed by atoms with Crippen LogP contribution in [-0.4, -0.2) is 21.3 Å². The zero-order valence-electron chi connectivity index (χ0n) is 14.4. The number of rotatable bonds is 7. The van der Waals surface area contributed by atoms with E-state index in [1.807, 2.05) is 6.92 Å². The van der Waals surface area contributed by atoms with Crippen LogP contribution in [0.25, 0.3) is 0 Å². The van der Waals surface area contributed by atoms with Crippen LogP contribution in [0.15, 0.2) is 65.6 Å². The Kier molecular flexibility index (Phi) is 5.77. The van der Waals surface area contributed by atoms with Crippen LogP contribution in [0.1, 0.15) is 24.1 Å². The number of aryl methyl sites for hydroxylation is 1. The molecular formula is C19H21NO4S. The van der Waals surface area contributed by atoms with Gasteiger partial charge >= 0.3 is 0 Å². The third-order valence-electron chi connectivity index (χ3n) is 3.85. The molecule has 2 aromatic carbocycles. The molecule has 0 saturated heterocycles. The number of sulfonamides is 1. The average molecular weight is 359 g/mol. The number of ether oxygens (including phenoxy) is 1. The maximum absolute atomic E-state index is 12.7. The average Bonchev–Trinajstić information content (AvgIpc) is 2.59. The van der Waals surface area contributed by atoms with Crippen molar-refractivity contribution in [1.29, 1.82) is 0 Å². The standard InChI is InChI=1S/C19H21NO4S/c1-13-5-11-18(12-6-13)25(22,23)20-19(14(2)15(3)21)16-7-9-17(24-4)10-8-16/h5-12,19-20H,2H2,1,3-4H3/t19-/m1/s1. The van der Waals surface area contributed by atoms with Gasteiger partial charge in [0.15, 0.2) is 5.78 Å². The van der Waals surface area contributed by atoms with Gasteiger partial charge in [-0.2, -0.15) is 4.72 Å². The number of benzene rings is 2. The van der Waals surface area contributed by atoms with Gasteiger partial charge in [0.1, 0.15) is 5.75 Å². The van der Waals surface area contributed by atoms with Crippen molar-refractivity contribution in [3.63, 3.8) is 0 Å². The van der Waals surface area contributed by atoms with Crippen molar-refractivity contribution >= 4 is 15.8 Å². The topological polar surface area (TPSA) is 72.5 Å². The van der Waals surface area contributed by atoms with Crippen LogP contribution in [0.3, 0.4) is 0 Å². The van der Waals surface area contributed by atoms with E-state index in [0.717, 1.165) is 5.56 Å². The van der Waals surface area contributed by atoms with E-state index in [1.54, 1.807) is 43.5 Å². The fourth-order valence-electron chi connectivity index (χ4n) is 2.28. The smallest absolute Gasteiger partial charge is 0.241 e. The van der Waals surface area contributed by atoms with Crippen LogP contribution in [0.4, 0.5) is 0 Å². The number of hydrogen-bond acceptors (Lipinski definition) is 4. The van der Waals surface area contributed by atoms with Crippen molar-refractivity contribution in [2.75, 3.05) is 7.11 Å². The number of ketones is 1. The SMILES string of the molecule is C=C(C(C)=O)[C@@H](NS(=O)(=O)c1ccc(C)cc1)c1ccc(OC)cc1. The van der Waals surface area contributed by atoms with Gasteiger partial charge in [0.2, 0.25) is 10.0 Å². The summed E-state index contributed by atoms with van der Waals surface area (Å²) >= 11 is 0. The monoisotopic (exact) mass is 359 g/mol. The Morgan fingerprint density at radius 3 is 2.12 bits per heavy atom. The first-order chi connectivity index (χ1) is 11.7. The molecule has 0 radical (unpaired) electrons. The van der Waals surface area contributed by atoms with Gasteiger partial charge in [-0.25, -0.2) is 8.42 Å². The Bertz CT molecular complexity index is 869. The number of carbonyl (C=O) groups is 1. The van der Waals surface area contributed by atoms with E-state index < -0.39 is 16.1 Å². The van der Waals surface area contributed by atoms with Crippen LogP contribution >= 0.6 is 0 Å². The zero-order valence-corrected chi connectivity index (χ0v) is 15.3. The molecule has 0 saturated carbocycles. The molecule has 1 N–H and O–H groups in total. The molecule has 5 nitrogen and oxygen atoms in total. The van der Waals surface area contributed by atoms with Crippen molar-refractivity contribution < 1.29 is 17.9 Å². The third-order valence-corrected chi connectivity index (χ3v) is 5.29. The summed E-state index contributed by atoms with van der Waals surface area (Å²) in [5.41, 5.74) is 1.73. The van der Waals surface area contributed by atoms with Crippen LogP contribution in [0, 0.1) is 6.92 Å². The second-order valence-corrected chi connectivity index (χ2v) is 7.44. The Balaban J connectivity index is 2.40. The van der Waals surface area contributed by atoms with Gasteiger partial charge in [-0.3, -0.25) is 4.79 Å². The van der Waals surface area contributed by atoms with E-state index in [4.69, 9.17) is 4.74 Å². The number of hydrogen-bond donors (Lipinski definition) is 1. The normalized spacial score (nSPS) is 12.4. The lowest BCUT2D eigenvalue weighted by molar-refractivity contribution is -0.113. The lowest BCUT2D eigenvalue weighted by atomic mass is 9.98. The molecule has 0 bridgehead atoms. The maximum atomic E-state index is 12.7. The van der Waals surface area contributed by atoms with Gasteiger partial charge in [-0.1, -0.05) is 36.4 Å². The van der Waals surface area contributed by atoms with Crippen molar-refractivity contribution in [1.82, 2.24) is 4.72 Å². The molecule has 0 spiro atoms. The number of Topliss-reactive ketones (excluding diaryl/α,β-unsaturated/α-hetero) is 1. The minimum absolute atomic E-state index is 0.132. The maximum Gasteiger partial charge on any atom is 0.241 e. The van der Waals surface area contributed by atoms with E-state index in [-0.39, 0.29) is 16.3 Å². The minimum Gasteiger partial charge on any atom is -0.497 e. The fraction of sp³-hybridized carbons (Fsp3) is 0.211. The Morgan fingerprint density at radius 1 is 1.08 bits per heavy atom. The van der Waals surface area contributed by atoms with Gasteiger partial charge in [0, 0.05) is 5.57 Å². The zero-order chi connectivity index (χ0) is 18.6. The quantitative estimate of drug-likeness (QED) is 0.771. The molecule has 25 heavy (non-hydrogen) atoms. The summed E-state index contributed by atoms with van der Waals surface area (Å²) in [4.78, 5) is 11.9. The predicted molar refractivity (Wildman–Crippen MR) is 97.1 cm³/mol. The van der Waals surface area contributed by atoms with Gasteiger partial charge in [0.05, 0.1) is 18.0 Å². The second-order valence-electron chi connectivity index (χ2n) is 5.72. The van der Waals surface area contributed by atoms with Gasteiger partial charge in [-0.05, 0) is 43.7 Å². The van der Waals surface area contributed by atoms with E-state index in [9.17, 15) is 13.2 Å². The Hall–Kier alpha value is -2.44. The first kappa shape index (κ1) is 18.9. The molecule has 0 aliphatic rings. The number of nitrogens with one attached hydrogen (secondary N) is 1. The van der Waals surface area contributed by atoms with Crippen LogP contribution in [0.5, 0.6) is 5.75 Å². The first-order valence-electron chi connectivity index (χ1n) is 7.67. The number of carbonyl (C=O) groups excluding carboxylic acids is 1. The van der Waals surface area contributed by atoms with E-state index in [0.29, 0.717) is 11.3 Å².